The van der Waals surface area contributed by atoms with Crippen LogP contribution < -0.4 is 10.9 Å². The Kier molecular flexibility index (Phi) is 3.55. The molecular weight excluding hydrogens is 200 g/mol. The van der Waals surface area contributed by atoms with E-state index < -0.39 is 5.56 Å². The van der Waals surface area contributed by atoms with Crippen LogP contribution in [0.25, 0.3) is 0 Å². The fourth-order valence-corrected chi connectivity index (χ4v) is 1.09. The Balaban J connectivity index is 3.35. The number of aromatic nitrogens is 2. The van der Waals surface area contributed by atoms with Crippen molar-refractivity contribution in [3.63, 3.8) is 0 Å². The molecule has 0 radical (unpaired) electrons. The summed E-state index contributed by atoms with van der Waals surface area (Å²) in [5, 5.41) is 17.6. The van der Waals surface area contributed by atoms with Crippen molar-refractivity contribution in [1.29, 1.82) is 0 Å². The Morgan fingerprint density at radius 3 is 3.00 bits per heavy atom. The molecule has 15 heavy (non-hydrogen) atoms. The van der Waals surface area contributed by atoms with Crippen LogP contribution in [0.5, 0.6) is 0 Å². The van der Waals surface area contributed by atoms with Crippen LogP contribution in [0.3, 0.4) is 0 Å². The molecule has 0 saturated heterocycles. The summed E-state index contributed by atoms with van der Waals surface area (Å²) in [6.07, 6.45) is 2.94. The van der Waals surface area contributed by atoms with Crippen molar-refractivity contribution in [1.82, 2.24) is 9.78 Å². The zero-order chi connectivity index (χ0) is 11.3. The zero-order valence-corrected chi connectivity index (χ0v) is 8.04. The largest absolute Gasteiger partial charge is 0.411 e. The topological polar surface area (TPSA) is 96.6 Å². The van der Waals surface area contributed by atoms with Crippen molar-refractivity contribution >= 4 is 18.2 Å². The summed E-state index contributed by atoms with van der Waals surface area (Å²) in [4.78, 5) is 21.9. The predicted molar refractivity (Wildman–Crippen MR) is 53.5 cm³/mol. The van der Waals surface area contributed by atoms with Gasteiger partial charge in [-0.15, -0.1) is 0 Å². The van der Waals surface area contributed by atoms with Crippen LogP contribution in [0.2, 0.25) is 0 Å². The van der Waals surface area contributed by atoms with E-state index in [1.807, 2.05) is 0 Å². The van der Waals surface area contributed by atoms with Gasteiger partial charge in [0.05, 0.1) is 23.7 Å². The number of nitrogens with zero attached hydrogens (tertiary/aromatic N) is 3. The van der Waals surface area contributed by atoms with Crippen LogP contribution in [0.4, 0.5) is 5.69 Å². The fraction of sp³-hybridized carbons (Fsp3) is 0.250. The molecule has 0 atom stereocenters. The van der Waals surface area contributed by atoms with E-state index in [1.165, 1.54) is 6.20 Å². The first-order valence-corrected chi connectivity index (χ1v) is 4.13. The average molecular weight is 210 g/mol. The lowest BCUT2D eigenvalue weighted by Crippen LogP contribution is -2.27. The molecule has 0 fully saturated rings. The normalized spacial score (nSPS) is 10.5. The maximum absolute atomic E-state index is 11.6. The number of rotatable bonds is 4. The first-order chi connectivity index (χ1) is 7.24. The van der Waals surface area contributed by atoms with E-state index in [9.17, 15) is 9.59 Å². The zero-order valence-electron chi connectivity index (χ0n) is 8.04. The summed E-state index contributed by atoms with van der Waals surface area (Å²) in [5.41, 5.74) is 0.0866. The van der Waals surface area contributed by atoms with Gasteiger partial charge in [-0.25, -0.2) is 4.68 Å². The van der Waals surface area contributed by atoms with Gasteiger partial charge in [0, 0.05) is 7.05 Å². The summed E-state index contributed by atoms with van der Waals surface area (Å²) in [5.74, 6) is 0. The van der Waals surface area contributed by atoms with Gasteiger partial charge in [0.2, 0.25) is 0 Å². The Morgan fingerprint density at radius 1 is 1.73 bits per heavy atom. The van der Waals surface area contributed by atoms with Gasteiger partial charge in [-0.3, -0.25) is 4.79 Å². The van der Waals surface area contributed by atoms with Crippen LogP contribution in [0.15, 0.2) is 16.1 Å². The second-order valence-electron chi connectivity index (χ2n) is 2.62. The summed E-state index contributed by atoms with van der Waals surface area (Å²) < 4.78 is 0.977. The first-order valence-electron chi connectivity index (χ1n) is 4.13. The molecule has 0 aliphatic heterocycles. The number of carbonyl (C=O) groups excluding carboxylic acids is 1. The highest BCUT2D eigenvalue weighted by atomic mass is 16.4. The van der Waals surface area contributed by atoms with Gasteiger partial charge in [-0.05, 0) is 0 Å². The molecule has 7 nitrogen and oxygen atoms in total. The van der Waals surface area contributed by atoms with E-state index in [0.29, 0.717) is 12.0 Å². The number of hydrogen-bond acceptors (Lipinski definition) is 6. The average Bonchev–Trinajstić information content (AvgIpc) is 2.25. The van der Waals surface area contributed by atoms with Crippen molar-refractivity contribution in [3.8, 4) is 0 Å². The third-order valence-corrected chi connectivity index (χ3v) is 1.78. The molecular formula is C8H10N4O3. The number of nitrogens with one attached hydrogen (secondary N) is 1. The van der Waals surface area contributed by atoms with Crippen LogP contribution in [0.1, 0.15) is 5.56 Å². The lowest BCUT2D eigenvalue weighted by molar-refractivity contribution is -0.108. The number of carbonyl (C=O) groups is 1. The Hall–Kier alpha value is -2.18. The smallest absolute Gasteiger partial charge is 0.278 e. The van der Waals surface area contributed by atoms with E-state index in [2.05, 4.69) is 15.6 Å². The monoisotopic (exact) mass is 210 g/mol. The Labute approximate surface area is 85.0 Å². The molecule has 1 heterocycles. The molecule has 0 bridgehead atoms. The summed E-state index contributed by atoms with van der Waals surface area (Å²) >= 11 is 0. The highest BCUT2D eigenvalue weighted by molar-refractivity contribution is 5.86. The fourth-order valence-electron chi connectivity index (χ4n) is 1.09. The molecule has 0 aromatic carbocycles. The summed E-state index contributed by atoms with van der Waals surface area (Å²) in [6, 6.07) is 0. The van der Waals surface area contributed by atoms with Crippen molar-refractivity contribution in [2.24, 2.45) is 5.16 Å². The van der Waals surface area contributed by atoms with Gasteiger partial charge in [0.1, 0.15) is 12.8 Å². The van der Waals surface area contributed by atoms with E-state index in [-0.39, 0.29) is 12.1 Å². The minimum atomic E-state index is -0.494. The van der Waals surface area contributed by atoms with Crippen LogP contribution >= 0.6 is 0 Å². The molecule has 0 amide bonds. The molecule has 0 aliphatic carbocycles. The quantitative estimate of drug-likeness (QED) is 0.296. The van der Waals surface area contributed by atoms with Gasteiger partial charge in [-0.2, -0.15) is 5.10 Å². The molecule has 0 spiro atoms. The lowest BCUT2D eigenvalue weighted by Gasteiger charge is -2.05. The maximum Gasteiger partial charge on any atom is 0.278 e. The highest BCUT2D eigenvalue weighted by Gasteiger charge is 2.08. The third kappa shape index (κ3) is 2.19. The summed E-state index contributed by atoms with van der Waals surface area (Å²) in [7, 11) is 1.61. The Morgan fingerprint density at radius 2 is 2.47 bits per heavy atom. The first kappa shape index (κ1) is 10.9. The van der Waals surface area contributed by atoms with Crippen molar-refractivity contribution in [2.45, 2.75) is 6.54 Å². The number of aldehydes is 1. The van der Waals surface area contributed by atoms with Crippen LogP contribution in [-0.2, 0) is 11.3 Å². The summed E-state index contributed by atoms with van der Waals surface area (Å²) in [6.45, 7) is -0.130. The minimum Gasteiger partial charge on any atom is -0.411 e. The second kappa shape index (κ2) is 4.89. The van der Waals surface area contributed by atoms with E-state index in [1.54, 1.807) is 7.05 Å². The highest BCUT2D eigenvalue weighted by Crippen LogP contribution is 2.04. The van der Waals surface area contributed by atoms with Gasteiger partial charge in [0.15, 0.2) is 0 Å². The number of anilines is 1. The molecule has 80 valence electrons. The lowest BCUT2D eigenvalue weighted by atomic mass is 10.3. The van der Waals surface area contributed by atoms with E-state index in [4.69, 9.17) is 5.21 Å². The van der Waals surface area contributed by atoms with Gasteiger partial charge < -0.3 is 15.3 Å². The van der Waals surface area contributed by atoms with Gasteiger partial charge in [-0.1, -0.05) is 5.16 Å². The SMILES string of the molecule is CNc1cnn(CC=O)c(=O)c1/C=N/O. The molecule has 0 unspecified atom stereocenters. The van der Waals surface area contributed by atoms with Crippen molar-refractivity contribution in [3.05, 3.63) is 22.1 Å². The number of oxime groups is 1. The van der Waals surface area contributed by atoms with Gasteiger partial charge in [0.25, 0.3) is 5.56 Å². The van der Waals surface area contributed by atoms with E-state index in [0.717, 1.165) is 10.9 Å². The molecule has 1 aromatic heterocycles. The van der Waals surface area contributed by atoms with Crippen molar-refractivity contribution in [2.75, 3.05) is 12.4 Å². The molecule has 0 saturated carbocycles. The molecule has 0 aliphatic rings. The molecule has 1 aromatic rings. The second-order valence-corrected chi connectivity index (χ2v) is 2.62. The molecule has 1 rings (SSSR count). The minimum absolute atomic E-state index is 0.130. The number of hydrogen-bond donors (Lipinski definition) is 2. The van der Waals surface area contributed by atoms with E-state index >= 15 is 0 Å². The van der Waals surface area contributed by atoms with Crippen LogP contribution in [-0.4, -0.2) is 34.5 Å². The predicted octanol–water partition coefficient (Wildman–Crippen LogP) is -0.708. The third-order valence-electron chi connectivity index (χ3n) is 1.78. The van der Waals surface area contributed by atoms with Gasteiger partial charge >= 0.3 is 0 Å². The maximum atomic E-state index is 11.6. The standard InChI is InChI=1S/C8H10N4O3/c1-9-7-5-10-12(2-3-13)8(14)6(7)4-11-15/h3-5,9,15H,2H2,1H3/b11-4+. The Bertz CT molecular complexity index is 438. The van der Waals surface area contributed by atoms with Crippen LogP contribution in [0, 0.1) is 0 Å². The molecule has 2 N–H and O–H groups in total. The molecule has 7 heteroatoms. The van der Waals surface area contributed by atoms with Crippen molar-refractivity contribution < 1.29 is 10.0 Å².